The molecule has 1 heterocycles. The first kappa shape index (κ1) is 35.2. The average Bonchev–Trinajstić information content (AvgIpc) is 3.79. The molecule has 0 spiro atoms. The number of hydrogen-bond acceptors (Lipinski definition) is 2. The van der Waals surface area contributed by atoms with Crippen LogP contribution in [0.3, 0.4) is 0 Å². The summed E-state index contributed by atoms with van der Waals surface area (Å²) in [5.41, 5.74) is 18.3. The van der Waals surface area contributed by atoms with Crippen molar-refractivity contribution < 1.29 is 0 Å². The first-order valence-electron chi connectivity index (χ1n) is 20.4. The molecule has 0 saturated heterocycles. The van der Waals surface area contributed by atoms with Crippen LogP contribution in [-0.4, -0.2) is 0 Å². The lowest BCUT2D eigenvalue weighted by molar-refractivity contribution is 0.660. The molecular weight excluding hydrogens is 731 g/mol. The van der Waals surface area contributed by atoms with E-state index in [-0.39, 0.29) is 5.41 Å². The number of nitrogens with zero attached hydrogens (tertiary/aromatic N) is 1. The second-order valence-electron chi connectivity index (χ2n) is 16.0. The van der Waals surface area contributed by atoms with E-state index >= 15 is 0 Å². The van der Waals surface area contributed by atoms with Crippen LogP contribution in [-0.2, 0) is 5.41 Å². The van der Waals surface area contributed by atoms with E-state index in [0.717, 1.165) is 17.1 Å². The molecule has 0 unspecified atom stereocenters. The number of benzene rings is 9. The quantitative estimate of drug-likeness (QED) is 0.156. The van der Waals surface area contributed by atoms with Gasteiger partial charge in [0.2, 0.25) is 0 Å². The van der Waals surface area contributed by atoms with Gasteiger partial charge in [-0.3, -0.25) is 0 Å². The van der Waals surface area contributed by atoms with Crippen molar-refractivity contribution >= 4 is 48.6 Å². The van der Waals surface area contributed by atoms with Crippen molar-refractivity contribution in [2.45, 2.75) is 19.3 Å². The molecule has 1 nitrogen and oxygen atoms in total. The van der Waals surface area contributed by atoms with E-state index in [4.69, 9.17) is 0 Å². The summed E-state index contributed by atoms with van der Waals surface area (Å²) < 4.78 is 2.65. The molecule has 0 radical (unpaired) electrons. The largest absolute Gasteiger partial charge is 0.310 e. The van der Waals surface area contributed by atoms with Gasteiger partial charge in [0.15, 0.2) is 0 Å². The highest BCUT2D eigenvalue weighted by Gasteiger charge is 2.36. The van der Waals surface area contributed by atoms with E-state index < -0.39 is 0 Å². The van der Waals surface area contributed by atoms with Gasteiger partial charge in [-0.1, -0.05) is 190 Å². The van der Waals surface area contributed by atoms with Crippen LogP contribution in [0.5, 0.6) is 0 Å². The summed E-state index contributed by atoms with van der Waals surface area (Å²) >= 11 is 1.88. The normalized spacial score (nSPS) is 12.7. The van der Waals surface area contributed by atoms with Gasteiger partial charge in [-0.15, -0.1) is 11.3 Å². The number of rotatable bonds is 7. The molecule has 10 aromatic rings. The zero-order chi connectivity index (χ0) is 39.5. The van der Waals surface area contributed by atoms with Crippen molar-refractivity contribution in [3.63, 3.8) is 0 Å². The lowest BCUT2D eigenvalue weighted by Crippen LogP contribution is -2.15. The Labute approximate surface area is 350 Å². The molecule has 2 heteroatoms. The van der Waals surface area contributed by atoms with Crippen LogP contribution >= 0.6 is 11.3 Å². The maximum atomic E-state index is 2.49. The Bertz CT molecular complexity index is 3170. The fourth-order valence-corrected chi connectivity index (χ4v) is 10.7. The molecular formula is C57H41NS. The molecule has 1 aliphatic carbocycles. The van der Waals surface area contributed by atoms with Gasteiger partial charge in [-0.05, 0) is 97.6 Å². The highest BCUT2D eigenvalue weighted by atomic mass is 32.1. The highest BCUT2D eigenvalue weighted by Crippen LogP contribution is 2.53. The van der Waals surface area contributed by atoms with Crippen LogP contribution in [0.1, 0.15) is 25.0 Å². The van der Waals surface area contributed by atoms with Gasteiger partial charge < -0.3 is 4.90 Å². The summed E-state index contributed by atoms with van der Waals surface area (Å²) in [5.74, 6) is 0. The molecule has 0 aliphatic heterocycles. The van der Waals surface area contributed by atoms with Crippen LogP contribution in [0, 0.1) is 0 Å². The summed E-state index contributed by atoms with van der Waals surface area (Å²) in [6.07, 6.45) is 0. The standard InChI is InChI=1S/C57H41NS/c1-57(2)51-28-13-11-22-46(51)50-37-42(35-36-52(50)57)58(41-33-31-40(32-34-41)45-26-15-27-49-47-23-12-14-30-54(47)59-56(45)49)53-29-16-25-44(39-19-7-4-8-20-39)55(53)48-24-10-9-21-43(48)38-17-5-3-6-18-38/h3-37H,1-2H3. The summed E-state index contributed by atoms with van der Waals surface area (Å²) in [5, 5.41) is 2.63. The minimum absolute atomic E-state index is 0.0858. The Hall–Kier alpha value is -7.00. The summed E-state index contributed by atoms with van der Waals surface area (Å²) in [6, 6.07) is 78.1. The predicted octanol–water partition coefficient (Wildman–Crippen LogP) is 16.5. The summed E-state index contributed by atoms with van der Waals surface area (Å²) in [4.78, 5) is 2.49. The second-order valence-corrected chi connectivity index (χ2v) is 17.1. The van der Waals surface area contributed by atoms with Gasteiger partial charge in [0.05, 0.1) is 5.69 Å². The third kappa shape index (κ3) is 5.82. The Kier molecular flexibility index (Phi) is 8.43. The van der Waals surface area contributed by atoms with Crippen LogP contribution < -0.4 is 4.90 Å². The Balaban J connectivity index is 1.16. The van der Waals surface area contributed by atoms with Crippen molar-refractivity contribution in [1.29, 1.82) is 0 Å². The van der Waals surface area contributed by atoms with Crippen LogP contribution in [0.25, 0.3) is 75.8 Å². The fourth-order valence-electron chi connectivity index (χ4n) is 9.48. The van der Waals surface area contributed by atoms with E-state index in [2.05, 4.69) is 231 Å². The number of anilines is 3. The minimum Gasteiger partial charge on any atom is -0.310 e. The van der Waals surface area contributed by atoms with E-state index in [0.29, 0.717) is 0 Å². The Morgan fingerprint density at radius 3 is 1.69 bits per heavy atom. The maximum absolute atomic E-state index is 2.49. The molecule has 59 heavy (non-hydrogen) atoms. The Morgan fingerprint density at radius 2 is 0.915 bits per heavy atom. The van der Waals surface area contributed by atoms with Gasteiger partial charge in [0.25, 0.3) is 0 Å². The van der Waals surface area contributed by atoms with Crippen molar-refractivity contribution in [1.82, 2.24) is 0 Å². The number of hydrogen-bond donors (Lipinski definition) is 0. The summed E-state index contributed by atoms with van der Waals surface area (Å²) in [7, 11) is 0. The maximum Gasteiger partial charge on any atom is 0.0546 e. The second kappa shape index (κ2) is 14.1. The molecule has 0 amide bonds. The molecule has 1 aliphatic rings. The Morgan fingerprint density at radius 1 is 0.373 bits per heavy atom. The van der Waals surface area contributed by atoms with Crippen molar-refractivity contribution in [2.75, 3.05) is 4.90 Å². The topological polar surface area (TPSA) is 3.24 Å². The predicted molar refractivity (Wildman–Crippen MR) is 253 cm³/mol. The fraction of sp³-hybridized carbons (Fsp3) is 0.0526. The number of thiophene rings is 1. The summed E-state index contributed by atoms with van der Waals surface area (Å²) in [6.45, 7) is 4.71. The van der Waals surface area contributed by atoms with Crippen molar-refractivity contribution in [3.05, 3.63) is 223 Å². The van der Waals surface area contributed by atoms with Crippen LogP contribution in [0.2, 0.25) is 0 Å². The van der Waals surface area contributed by atoms with Gasteiger partial charge >= 0.3 is 0 Å². The van der Waals surface area contributed by atoms with Crippen molar-refractivity contribution in [3.8, 4) is 55.6 Å². The van der Waals surface area contributed by atoms with Gasteiger partial charge in [0, 0.05) is 42.5 Å². The first-order valence-corrected chi connectivity index (χ1v) is 21.2. The molecule has 11 rings (SSSR count). The van der Waals surface area contributed by atoms with Gasteiger partial charge in [0.1, 0.15) is 0 Å². The van der Waals surface area contributed by atoms with Crippen LogP contribution in [0.4, 0.5) is 17.1 Å². The average molecular weight is 772 g/mol. The smallest absolute Gasteiger partial charge is 0.0546 e. The monoisotopic (exact) mass is 771 g/mol. The minimum atomic E-state index is -0.0858. The first-order chi connectivity index (χ1) is 29.0. The SMILES string of the molecule is CC1(C)c2ccccc2-c2cc(N(c3ccc(-c4cccc5c4sc4ccccc45)cc3)c3cccc(-c4ccccc4)c3-c3ccccc3-c3ccccc3)ccc21. The highest BCUT2D eigenvalue weighted by molar-refractivity contribution is 7.26. The molecule has 0 fully saturated rings. The molecule has 280 valence electrons. The van der Waals surface area contributed by atoms with E-state index in [1.165, 1.54) is 86.9 Å². The zero-order valence-corrected chi connectivity index (χ0v) is 33.9. The van der Waals surface area contributed by atoms with Gasteiger partial charge in [-0.2, -0.15) is 0 Å². The molecule has 0 saturated carbocycles. The molecule has 1 aromatic heterocycles. The van der Waals surface area contributed by atoms with E-state index in [9.17, 15) is 0 Å². The lowest BCUT2D eigenvalue weighted by atomic mass is 9.82. The lowest BCUT2D eigenvalue weighted by Gasteiger charge is -2.31. The molecule has 0 atom stereocenters. The zero-order valence-electron chi connectivity index (χ0n) is 33.1. The van der Waals surface area contributed by atoms with E-state index in [1.54, 1.807) is 0 Å². The third-order valence-electron chi connectivity index (χ3n) is 12.3. The molecule has 0 N–H and O–H groups in total. The third-order valence-corrected chi connectivity index (χ3v) is 13.5. The van der Waals surface area contributed by atoms with E-state index in [1.807, 2.05) is 11.3 Å². The number of fused-ring (bicyclic) bond motifs is 6. The van der Waals surface area contributed by atoms with Crippen LogP contribution in [0.15, 0.2) is 212 Å². The molecule has 0 bridgehead atoms. The molecule has 9 aromatic carbocycles. The van der Waals surface area contributed by atoms with Gasteiger partial charge in [-0.25, -0.2) is 0 Å². The van der Waals surface area contributed by atoms with Crippen molar-refractivity contribution in [2.24, 2.45) is 0 Å².